The summed E-state index contributed by atoms with van der Waals surface area (Å²) in [7, 11) is 1.34. The van der Waals surface area contributed by atoms with Gasteiger partial charge in [0.2, 0.25) is 0 Å². The number of rotatable bonds is 4. The number of benzene rings is 2. The maximum Gasteiger partial charge on any atom is 0.338 e. The number of carbonyl (C=O) groups is 1. The van der Waals surface area contributed by atoms with Gasteiger partial charge in [-0.3, -0.25) is 9.36 Å². The average molecular weight is 485 g/mol. The number of fused-ring (bicyclic) bond motifs is 1. The Hall–Kier alpha value is -4.04. The highest BCUT2D eigenvalue weighted by molar-refractivity contribution is 7.07. The second kappa shape index (κ2) is 8.96. The van der Waals surface area contributed by atoms with Crippen LogP contribution in [0.2, 0.25) is 0 Å². The summed E-state index contributed by atoms with van der Waals surface area (Å²) in [5, 5.41) is 4.70. The third kappa shape index (κ3) is 3.85. The van der Waals surface area contributed by atoms with Crippen LogP contribution in [0.3, 0.4) is 0 Å². The normalized spacial score (nSPS) is 15.7. The molecule has 0 aliphatic carbocycles. The van der Waals surface area contributed by atoms with Gasteiger partial charge in [-0.2, -0.15) is 5.10 Å². The second-order valence-electron chi connectivity index (χ2n) is 8.32. The predicted molar refractivity (Wildman–Crippen MR) is 135 cm³/mol. The quantitative estimate of drug-likeness (QED) is 0.417. The Kier molecular flexibility index (Phi) is 5.82. The fraction of sp³-hybridized carbons (Fsp3) is 0.185. The summed E-state index contributed by atoms with van der Waals surface area (Å²) in [5.41, 5.74) is 5.12. The van der Waals surface area contributed by atoms with Gasteiger partial charge in [-0.1, -0.05) is 59.9 Å². The molecule has 0 N–H and O–H groups in total. The fourth-order valence-electron chi connectivity index (χ4n) is 4.46. The van der Waals surface area contributed by atoms with Gasteiger partial charge in [0.25, 0.3) is 5.56 Å². The summed E-state index contributed by atoms with van der Waals surface area (Å²) in [6.45, 7) is 5.70. The van der Waals surface area contributed by atoms with Crippen molar-refractivity contribution in [2.45, 2.75) is 26.8 Å². The van der Waals surface area contributed by atoms with Crippen molar-refractivity contribution in [3.63, 3.8) is 0 Å². The first kappa shape index (κ1) is 22.7. The average Bonchev–Trinajstić information content (AvgIpc) is 3.34. The van der Waals surface area contributed by atoms with Crippen molar-refractivity contribution in [2.24, 2.45) is 4.99 Å². The maximum absolute atomic E-state index is 13.7. The van der Waals surface area contributed by atoms with E-state index in [-0.39, 0.29) is 5.56 Å². The van der Waals surface area contributed by atoms with E-state index in [4.69, 9.17) is 9.84 Å². The van der Waals surface area contributed by atoms with Crippen LogP contribution in [-0.4, -0.2) is 27.4 Å². The summed E-state index contributed by atoms with van der Waals surface area (Å²) < 4.78 is 9.06. The van der Waals surface area contributed by atoms with E-state index in [0.717, 1.165) is 28.2 Å². The molecule has 2 aromatic carbocycles. The van der Waals surface area contributed by atoms with E-state index >= 15 is 0 Å². The SMILES string of the molecule is COC(=O)C1=C(C)N=c2s/c(=C/c3c(C)nn(-c4ccccc4)c3C)c(=O)n2[C@H]1c1ccccc1. The Bertz CT molecular complexity index is 1640. The van der Waals surface area contributed by atoms with E-state index in [0.29, 0.717) is 20.6 Å². The predicted octanol–water partition coefficient (Wildman–Crippen LogP) is 3.21. The standard InChI is InChI=1S/C27H24N4O3S/c1-16-21(18(3)31(29-16)20-13-9-6-10-14-20)15-22-25(32)30-24(19-11-7-5-8-12-19)23(26(33)34-4)17(2)28-27(30)35-22/h5-15,24H,1-4H3/b22-15+/t24-/m0/s1. The van der Waals surface area contributed by atoms with Gasteiger partial charge in [0.15, 0.2) is 4.80 Å². The molecule has 0 amide bonds. The molecule has 5 rings (SSSR count). The van der Waals surface area contributed by atoms with Gasteiger partial charge in [-0.15, -0.1) is 0 Å². The molecule has 7 nitrogen and oxygen atoms in total. The van der Waals surface area contributed by atoms with Crippen molar-refractivity contribution in [3.05, 3.63) is 114 Å². The number of hydrogen-bond acceptors (Lipinski definition) is 6. The van der Waals surface area contributed by atoms with E-state index in [1.807, 2.05) is 85.3 Å². The number of esters is 1. The van der Waals surface area contributed by atoms with Gasteiger partial charge in [-0.25, -0.2) is 14.5 Å². The number of aryl methyl sites for hydroxylation is 1. The summed E-state index contributed by atoms with van der Waals surface area (Å²) in [6.07, 6.45) is 1.88. The maximum atomic E-state index is 13.7. The van der Waals surface area contributed by atoms with Crippen molar-refractivity contribution in [1.82, 2.24) is 14.3 Å². The lowest BCUT2D eigenvalue weighted by atomic mass is 9.96. The molecule has 176 valence electrons. The molecule has 1 aliphatic rings. The minimum Gasteiger partial charge on any atom is -0.466 e. The Morgan fingerprint density at radius 1 is 1.03 bits per heavy atom. The lowest BCUT2D eigenvalue weighted by Crippen LogP contribution is -2.39. The third-order valence-electron chi connectivity index (χ3n) is 6.17. The van der Waals surface area contributed by atoms with E-state index in [2.05, 4.69) is 4.99 Å². The van der Waals surface area contributed by atoms with Crippen LogP contribution < -0.4 is 14.9 Å². The van der Waals surface area contributed by atoms with Gasteiger partial charge in [0, 0.05) is 11.3 Å². The van der Waals surface area contributed by atoms with Gasteiger partial charge < -0.3 is 4.74 Å². The molecule has 0 radical (unpaired) electrons. The van der Waals surface area contributed by atoms with Crippen LogP contribution in [0.15, 0.2) is 81.7 Å². The molecule has 0 unspecified atom stereocenters. The van der Waals surface area contributed by atoms with Crippen LogP contribution in [0.1, 0.15) is 35.5 Å². The zero-order valence-electron chi connectivity index (χ0n) is 19.9. The van der Waals surface area contributed by atoms with Gasteiger partial charge in [0.05, 0.1) is 40.3 Å². The van der Waals surface area contributed by atoms with E-state index in [9.17, 15) is 9.59 Å². The summed E-state index contributed by atoms with van der Waals surface area (Å²) in [4.78, 5) is 31.6. The largest absolute Gasteiger partial charge is 0.466 e. The van der Waals surface area contributed by atoms with Crippen LogP contribution in [0.25, 0.3) is 11.8 Å². The highest BCUT2D eigenvalue weighted by Gasteiger charge is 2.33. The molecule has 1 atom stereocenters. The van der Waals surface area contributed by atoms with Crippen LogP contribution in [0.5, 0.6) is 0 Å². The van der Waals surface area contributed by atoms with Crippen LogP contribution >= 0.6 is 11.3 Å². The summed E-state index contributed by atoms with van der Waals surface area (Å²) in [6, 6.07) is 18.8. The zero-order chi connectivity index (χ0) is 24.7. The van der Waals surface area contributed by atoms with Crippen molar-refractivity contribution in [1.29, 1.82) is 0 Å². The fourth-order valence-corrected chi connectivity index (χ4v) is 5.49. The first-order chi connectivity index (χ1) is 16.9. The Morgan fingerprint density at radius 3 is 2.34 bits per heavy atom. The van der Waals surface area contributed by atoms with Crippen LogP contribution in [0.4, 0.5) is 0 Å². The molecular weight excluding hydrogens is 460 g/mol. The molecule has 1 aliphatic heterocycles. The molecule has 4 aromatic rings. The molecule has 0 bridgehead atoms. The van der Waals surface area contributed by atoms with Gasteiger partial charge >= 0.3 is 5.97 Å². The molecule has 2 aromatic heterocycles. The number of hydrogen-bond donors (Lipinski definition) is 0. The highest BCUT2D eigenvalue weighted by atomic mass is 32.1. The summed E-state index contributed by atoms with van der Waals surface area (Å²) in [5.74, 6) is -0.495. The molecule has 0 saturated heterocycles. The smallest absolute Gasteiger partial charge is 0.338 e. The second-order valence-corrected chi connectivity index (χ2v) is 9.33. The zero-order valence-corrected chi connectivity index (χ0v) is 20.7. The first-order valence-electron chi connectivity index (χ1n) is 11.2. The lowest BCUT2D eigenvalue weighted by Gasteiger charge is -2.24. The molecular formula is C27H24N4O3S. The number of methoxy groups -OCH3 is 1. The van der Waals surface area contributed by atoms with E-state index in [1.165, 1.54) is 18.4 Å². The van der Waals surface area contributed by atoms with E-state index in [1.54, 1.807) is 11.5 Å². The van der Waals surface area contributed by atoms with Gasteiger partial charge in [0.1, 0.15) is 0 Å². The molecule has 0 saturated carbocycles. The molecule has 0 spiro atoms. The van der Waals surface area contributed by atoms with Gasteiger partial charge in [-0.05, 0) is 44.5 Å². The minimum atomic E-state index is -0.615. The van der Waals surface area contributed by atoms with Crippen molar-refractivity contribution >= 4 is 23.4 Å². The number of carbonyl (C=O) groups excluding carboxylic acids is 1. The molecule has 35 heavy (non-hydrogen) atoms. The number of thiazole rings is 1. The molecule has 8 heteroatoms. The molecule has 3 heterocycles. The number of aromatic nitrogens is 3. The first-order valence-corrected chi connectivity index (χ1v) is 12.0. The Morgan fingerprint density at radius 2 is 1.69 bits per heavy atom. The summed E-state index contributed by atoms with van der Waals surface area (Å²) >= 11 is 1.31. The van der Waals surface area contributed by atoms with Crippen molar-refractivity contribution in [3.8, 4) is 5.69 Å². The highest BCUT2D eigenvalue weighted by Crippen LogP contribution is 2.30. The Labute approximate surface area is 206 Å². The van der Waals surface area contributed by atoms with Crippen LogP contribution in [0, 0.1) is 13.8 Å². The number of allylic oxidation sites excluding steroid dienone is 1. The Balaban J connectivity index is 1.72. The third-order valence-corrected chi connectivity index (χ3v) is 7.15. The number of nitrogens with zero attached hydrogens (tertiary/aromatic N) is 4. The van der Waals surface area contributed by atoms with Crippen molar-refractivity contribution in [2.75, 3.05) is 7.11 Å². The topological polar surface area (TPSA) is 78.5 Å². The minimum absolute atomic E-state index is 0.206. The number of ether oxygens (including phenoxy) is 1. The van der Waals surface area contributed by atoms with Crippen molar-refractivity contribution < 1.29 is 9.53 Å². The number of para-hydroxylation sites is 1. The monoisotopic (exact) mass is 484 g/mol. The molecule has 0 fully saturated rings. The lowest BCUT2D eigenvalue weighted by molar-refractivity contribution is -0.136. The van der Waals surface area contributed by atoms with Crippen LogP contribution in [-0.2, 0) is 9.53 Å². The van der Waals surface area contributed by atoms with E-state index < -0.39 is 12.0 Å².